The van der Waals surface area contributed by atoms with E-state index in [9.17, 15) is 9.59 Å². The molecule has 0 aromatic carbocycles. The maximum Gasteiger partial charge on any atom is 0.242 e. The number of unbranched alkanes of at least 4 members (excludes halogenated alkanes) is 2. The predicted octanol–water partition coefficient (Wildman–Crippen LogP) is 1.75. The van der Waals surface area contributed by atoms with E-state index in [4.69, 9.17) is 5.73 Å². The molecule has 0 aromatic rings. The van der Waals surface area contributed by atoms with Crippen molar-refractivity contribution in [1.82, 2.24) is 9.80 Å². The Morgan fingerprint density at radius 1 is 1.00 bits per heavy atom. The molecule has 0 heterocycles. The van der Waals surface area contributed by atoms with Gasteiger partial charge in [-0.05, 0) is 32.2 Å². The van der Waals surface area contributed by atoms with Crippen molar-refractivity contribution in [2.45, 2.75) is 63.8 Å². The zero-order valence-electron chi connectivity index (χ0n) is 13.6. The summed E-state index contributed by atoms with van der Waals surface area (Å²) in [6.07, 6.45) is 9.18. The van der Waals surface area contributed by atoms with Crippen molar-refractivity contribution in [1.29, 1.82) is 0 Å². The monoisotopic (exact) mass is 297 g/mol. The third-order valence-electron chi connectivity index (χ3n) is 4.41. The number of likely N-dealkylation sites (N-methyl/N-ethyl adjacent to an activating group) is 2. The molecule has 0 spiro atoms. The Bertz CT molecular complexity index is 327. The van der Waals surface area contributed by atoms with E-state index in [0.29, 0.717) is 19.0 Å². The van der Waals surface area contributed by atoms with Crippen molar-refractivity contribution in [3.63, 3.8) is 0 Å². The summed E-state index contributed by atoms with van der Waals surface area (Å²) in [7, 11) is 3.59. The molecule has 0 unspecified atom stereocenters. The van der Waals surface area contributed by atoms with Crippen molar-refractivity contribution in [2.75, 3.05) is 27.2 Å². The van der Waals surface area contributed by atoms with Crippen LogP contribution < -0.4 is 5.73 Å². The van der Waals surface area contributed by atoms with E-state index in [1.54, 1.807) is 11.9 Å². The summed E-state index contributed by atoms with van der Waals surface area (Å²) in [4.78, 5) is 27.6. The van der Waals surface area contributed by atoms with E-state index in [1.807, 2.05) is 11.9 Å². The van der Waals surface area contributed by atoms with Crippen LogP contribution >= 0.6 is 0 Å². The molecular formula is C16H31N3O2. The number of nitrogens with zero attached hydrogens (tertiary/aromatic N) is 2. The van der Waals surface area contributed by atoms with Gasteiger partial charge in [0.25, 0.3) is 0 Å². The van der Waals surface area contributed by atoms with Gasteiger partial charge in [-0.25, -0.2) is 0 Å². The van der Waals surface area contributed by atoms with Gasteiger partial charge in [-0.3, -0.25) is 9.59 Å². The number of nitrogens with two attached hydrogens (primary N) is 1. The van der Waals surface area contributed by atoms with Gasteiger partial charge in [0.15, 0.2) is 0 Å². The molecule has 21 heavy (non-hydrogen) atoms. The van der Waals surface area contributed by atoms with E-state index in [-0.39, 0.29) is 18.4 Å². The summed E-state index contributed by atoms with van der Waals surface area (Å²) in [6, 6.07) is 0.360. The molecule has 122 valence electrons. The lowest BCUT2D eigenvalue weighted by molar-refractivity contribution is -0.140. The van der Waals surface area contributed by atoms with Crippen LogP contribution in [0.15, 0.2) is 0 Å². The highest BCUT2D eigenvalue weighted by atomic mass is 16.2. The molecular weight excluding hydrogens is 266 g/mol. The average molecular weight is 297 g/mol. The molecule has 0 bridgehead atoms. The van der Waals surface area contributed by atoms with Crippen LogP contribution in [0.3, 0.4) is 0 Å². The molecule has 5 heteroatoms. The molecule has 0 atom stereocenters. The van der Waals surface area contributed by atoms with Crippen LogP contribution in [-0.4, -0.2) is 54.8 Å². The van der Waals surface area contributed by atoms with Crippen LogP contribution in [0.2, 0.25) is 0 Å². The Labute approximate surface area is 128 Å². The van der Waals surface area contributed by atoms with Gasteiger partial charge in [-0.15, -0.1) is 0 Å². The molecule has 0 aromatic heterocycles. The number of rotatable bonds is 8. The minimum Gasteiger partial charge on any atom is -0.341 e. The first kappa shape index (κ1) is 18.0. The van der Waals surface area contributed by atoms with E-state index >= 15 is 0 Å². The molecule has 5 nitrogen and oxygen atoms in total. The van der Waals surface area contributed by atoms with Crippen molar-refractivity contribution >= 4 is 11.8 Å². The minimum absolute atomic E-state index is 0.0532. The number of amides is 2. The van der Waals surface area contributed by atoms with Crippen molar-refractivity contribution in [2.24, 2.45) is 5.73 Å². The van der Waals surface area contributed by atoms with Gasteiger partial charge >= 0.3 is 0 Å². The van der Waals surface area contributed by atoms with E-state index < -0.39 is 0 Å². The molecule has 1 saturated carbocycles. The smallest absolute Gasteiger partial charge is 0.242 e. The Morgan fingerprint density at radius 2 is 1.67 bits per heavy atom. The second-order valence-corrected chi connectivity index (χ2v) is 6.15. The summed E-state index contributed by atoms with van der Waals surface area (Å²) in [6.45, 7) is 0.872. The van der Waals surface area contributed by atoms with Gasteiger partial charge in [0.1, 0.15) is 0 Å². The number of carbonyl (C=O) groups excluding carboxylic acids is 2. The first-order chi connectivity index (χ1) is 10.1. The highest BCUT2D eigenvalue weighted by molar-refractivity contribution is 5.84. The first-order valence-corrected chi connectivity index (χ1v) is 8.26. The Kier molecular flexibility index (Phi) is 8.35. The predicted molar refractivity (Wildman–Crippen MR) is 84.8 cm³/mol. The van der Waals surface area contributed by atoms with E-state index in [0.717, 1.165) is 32.1 Å². The molecule has 2 amide bonds. The zero-order chi connectivity index (χ0) is 15.7. The largest absolute Gasteiger partial charge is 0.341 e. The van der Waals surface area contributed by atoms with Gasteiger partial charge in [0.2, 0.25) is 11.8 Å². The lowest BCUT2D eigenvalue weighted by Gasteiger charge is -2.32. The van der Waals surface area contributed by atoms with Gasteiger partial charge in [-0.2, -0.15) is 0 Å². The first-order valence-electron chi connectivity index (χ1n) is 8.26. The van der Waals surface area contributed by atoms with Crippen LogP contribution in [-0.2, 0) is 9.59 Å². The Balaban J connectivity index is 2.29. The maximum absolute atomic E-state index is 12.2. The maximum atomic E-state index is 12.2. The fraction of sp³-hybridized carbons (Fsp3) is 0.875. The topological polar surface area (TPSA) is 66.6 Å². The molecule has 1 aliphatic rings. The summed E-state index contributed by atoms with van der Waals surface area (Å²) < 4.78 is 0. The number of carbonyl (C=O) groups is 2. The van der Waals surface area contributed by atoms with Gasteiger partial charge in [0.05, 0.1) is 6.54 Å². The van der Waals surface area contributed by atoms with E-state index in [1.165, 1.54) is 19.3 Å². The SMILES string of the molecule is CN(CC(=O)N(C)C1CCCCC1)C(=O)CCCCCN. The lowest BCUT2D eigenvalue weighted by atomic mass is 9.94. The standard InChI is InChI=1S/C16H31N3O2/c1-18(15(20)11-7-4-8-12-17)13-16(21)19(2)14-9-5-3-6-10-14/h14H,3-13,17H2,1-2H3. The minimum atomic E-state index is 0.0532. The molecule has 1 rings (SSSR count). The second kappa shape index (κ2) is 9.77. The number of hydrogen-bond donors (Lipinski definition) is 1. The molecule has 1 aliphatic carbocycles. The van der Waals surface area contributed by atoms with Gasteiger partial charge < -0.3 is 15.5 Å². The quantitative estimate of drug-likeness (QED) is 0.694. The van der Waals surface area contributed by atoms with E-state index in [2.05, 4.69) is 0 Å². The zero-order valence-corrected chi connectivity index (χ0v) is 13.6. The molecule has 0 radical (unpaired) electrons. The van der Waals surface area contributed by atoms with Gasteiger partial charge in [0, 0.05) is 26.6 Å². The van der Waals surface area contributed by atoms with Crippen LogP contribution in [0.25, 0.3) is 0 Å². The van der Waals surface area contributed by atoms with Crippen LogP contribution in [0.1, 0.15) is 57.8 Å². The second-order valence-electron chi connectivity index (χ2n) is 6.15. The lowest BCUT2D eigenvalue weighted by Crippen LogP contribution is -2.44. The highest BCUT2D eigenvalue weighted by Crippen LogP contribution is 2.21. The van der Waals surface area contributed by atoms with Crippen molar-refractivity contribution < 1.29 is 9.59 Å². The molecule has 0 saturated heterocycles. The van der Waals surface area contributed by atoms with Crippen molar-refractivity contribution in [3.8, 4) is 0 Å². The van der Waals surface area contributed by atoms with Crippen LogP contribution in [0.5, 0.6) is 0 Å². The number of hydrogen-bond acceptors (Lipinski definition) is 3. The molecule has 1 fully saturated rings. The summed E-state index contributed by atoms with van der Waals surface area (Å²) in [5.41, 5.74) is 5.43. The summed E-state index contributed by atoms with van der Waals surface area (Å²) >= 11 is 0. The fourth-order valence-electron chi connectivity index (χ4n) is 2.86. The Hall–Kier alpha value is -1.10. The van der Waals surface area contributed by atoms with Crippen molar-refractivity contribution in [3.05, 3.63) is 0 Å². The molecule has 0 aliphatic heterocycles. The third kappa shape index (κ3) is 6.46. The van der Waals surface area contributed by atoms with Crippen LogP contribution in [0, 0.1) is 0 Å². The summed E-state index contributed by atoms with van der Waals surface area (Å²) in [5, 5.41) is 0. The normalized spacial score (nSPS) is 15.8. The third-order valence-corrected chi connectivity index (χ3v) is 4.41. The Morgan fingerprint density at radius 3 is 2.29 bits per heavy atom. The van der Waals surface area contributed by atoms with Crippen LogP contribution in [0.4, 0.5) is 0 Å². The summed E-state index contributed by atoms with van der Waals surface area (Å²) in [5.74, 6) is 0.108. The fourth-order valence-corrected chi connectivity index (χ4v) is 2.86. The highest BCUT2D eigenvalue weighted by Gasteiger charge is 2.23. The van der Waals surface area contributed by atoms with Gasteiger partial charge in [-0.1, -0.05) is 25.7 Å². The molecule has 2 N–H and O–H groups in total. The average Bonchev–Trinajstić information content (AvgIpc) is 2.51.